The molecule has 0 saturated heterocycles. The first-order valence-electron chi connectivity index (χ1n) is 8.84. The van der Waals surface area contributed by atoms with Gasteiger partial charge in [0.05, 0.1) is 0 Å². The van der Waals surface area contributed by atoms with Crippen molar-refractivity contribution in [2.24, 2.45) is 11.7 Å². The molecule has 2 rings (SSSR count). The van der Waals surface area contributed by atoms with Gasteiger partial charge >= 0.3 is 0 Å². The fraction of sp³-hybridized carbons (Fsp3) is 0.333. The van der Waals surface area contributed by atoms with Crippen molar-refractivity contribution >= 4 is 11.8 Å². The Morgan fingerprint density at radius 2 is 1.62 bits per heavy atom. The molecule has 5 heteroatoms. The first-order valence-corrected chi connectivity index (χ1v) is 8.84. The summed E-state index contributed by atoms with van der Waals surface area (Å²) in [5.74, 6) is -0.532. The summed E-state index contributed by atoms with van der Waals surface area (Å²) >= 11 is 0. The summed E-state index contributed by atoms with van der Waals surface area (Å²) in [5, 5.41) is 5.67. The first kappa shape index (κ1) is 19.7. The highest BCUT2D eigenvalue weighted by molar-refractivity contribution is 5.97. The van der Waals surface area contributed by atoms with E-state index in [4.69, 9.17) is 5.73 Å². The van der Waals surface area contributed by atoms with Crippen molar-refractivity contribution in [3.63, 3.8) is 0 Å². The summed E-state index contributed by atoms with van der Waals surface area (Å²) in [4.78, 5) is 25.0. The summed E-state index contributed by atoms with van der Waals surface area (Å²) in [6, 6.07) is 15.9. The van der Waals surface area contributed by atoms with Gasteiger partial charge in [-0.1, -0.05) is 61.9 Å². The third-order valence-electron chi connectivity index (χ3n) is 4.27. The SMILES string of the molecule is Cc1ccc(C(=O)NC(C(=O)NCC(N)c2ccccc2)C(C)C)cc1. The molecule has 0 bridgehead atoms. The summed E-state index contributed by atoms with van der Waals surface area (Å²) in [7, 11) is 0. The fourth-order valence-corrected chi connectivity index (χ4v) is 2.60. The Balaban J connectivity index is 1.96. The molecule has 2 aromatic carbocycles. The molecule has 0 aliphatic heterocycles. The molecular formula is C21H27N3O2. The molecule has 0 fully saturated rings. The topological polar surface area (TPSA) is 84.2 Å². The summed E-state index contributed by atoms with van der Waals surface area (Å²) in [6.45, 7) is 6.07. The summed E-state index contributed by atoms with van der Waals surface area (Å²) < 4.78 is 0. The van der Waals surface area contributed by atoms with Crippen LogP contribution in [0.3, 0.4) is 0 Å². The second-order valence-electron chi connectivity index (χ2n) is 6.82. The minimum absolute atomic E-state index is 0.0441. The van der Waals surface area contributed by atoms with E-state index in [-0.39, 0.29) is 23.8 Å². The fourth-order valence-electron chi connectivity index (χ4n) is 2.60. The van der Waals surface area contributed by atoms with E-state index in [1.165, 1.54) is 0 Å². The standard InChI is InChI=1S/C21H27N3O2/c1-14(2)19(24-20(25)17-11-9-15(3)10-12-17)21(26)23-13-18(22)16-7-5-4-6-8-16/h4-12,14,18-19H,13,22H2,1-3H3,(H,23,26)(H,24,25). The zero-order valence-electron chi connectivity index (χ0n) is 15.5. The van der Waals surface area contributed by atoms with Crippen molar-refractivity contribution in [3.8, 4) is 0 Å². The lowest BCUT2D eigenvalue weighted by atomic mass is 10.0. The molecule has 0 aliphatic rings. The average molecular weight is 353 g/mol. The largest absolute Gasteiger partial charge is 0.352 e. The molecular weight excluding hydrogens is 326 g/mol. The van der Waals surface area contributed by atoms with Gasteiger partial charge in [-0.2, -0.15) is 0 Å². The Hall–Kier alpha value is -2.66. The van der Waals surface area contributed by atoms with Gasteiger partial charge in [0, 0.05) is 18.2 Å². The van der Waals surface area contributed by atoms with Gasteiger partial charge in [-0.3, -0.25) is 9.59 Å². The number of carbonyl (C=O) groups excluding carboxylic acids is 2. The van der Waals surface area contributed by atoms with E-state index in [0.29, 0.717) is 12.1 Å². The number of benzene rings is 2. The maximum absolute atomic E-state index is 12.6. The van der Waals surface area contributed by atoms with E-state index in [1.54, 1.807) is 12.1 Å². The van der Waals surface area contributed by atoms with Gasteiger partial charge in [-0.05, 0) is 30.5 Å². The maximum atomic E-state index is 12.6. The quantitative estimate of drug-likeness (QED) is 0.715. The molecule has 0 aromatic heterocycles. The molecule has 0 heterocycles. The number of hydrogen-bond acceptors (Lipinski definition) is 3. The van der Waals surface area contributed by atoms with Crippen LogP contribution in [-0.2, 0) is 4.79 Å². The molecule has 0 radical (unpaired) electrons. The summed E-state index contributed by atoms with van der Waals surface area (Å²) in [6.07, 6.45) is 0. The van der Waals surface area contributed by atoms with E-state index < -0.39 is 6.04 Å². The predicted octanol–water partition coefficient (Wildman–Crippen LogP) is 2.57. The van der Waals surface area contributed by atoms with Gasteiger partial charge in [-0.15, -0.1) is 0 Å². The number of nitrogens with one attached hydrogen (secondary N) is 2. The van der Waals surface area contributed by atoms with E-state index in [1.807, 2.05) is 63.2 Å². The van der Waals surface area contributed by atoms with Crippen LogP contribution in [0.1, 0.15) is 41.4 Å². The average Bonchev–Trinajstić information content (AvgIpc) is 2.64. The van der Waals surface area contributed by atoms with Crippen LogP contribution in [0.5, 0.6) is 0 Å². The van der Waals surface area contributed by atoms with Crippen LogP contribution in [0.15, 0.2) is 54.6 Å². The molecule has 2 aromatic rings. The third-order valence-corrected chi connectivity index (χ3v) is 4.27. The molecule has 0 spiro atoms. The van der Waals surface area contributed by atoms with Crippen LogP contribution in [-0.4, -0.2) is 24.4 Å². The van der Waals surface area contributed by atoms with Crippen molar-refractivity contribution in [1.82, 2.24) is 10.6 Å². The van der Waals surface area contributed by atoms with Crippen molar-refractivity contribution < 1.29 is 9.59 Å². The number of rotatable bonds is 7. The van der Waals surface area contributed by atoms with Gasteiger partial charge in [0.15, 0.2) is 0 Å². The number of aryl methyl sites for hydroxylation is 1. The number of nitrogens with two attached hydrogens (primary N) is 1. The van der Waals surface area contributed by atoms with E-state index in [2.05, 4.69) is 10.6 Å². The maximum Gasteiger partial charge on any atom is 0.251 e. The predicted molar refractivity (Wildman–Crippen MR) is 104 cm³/mol. The van der Waals surface area contributed by atoms with E-state index in [0.717, 1.165) is 11.1 Å². The van der Waals surface area contributed by atoms with Crippen LogP contribution in [0, 0.1) is 12.8 Å². The Bertz CT molecular complexity index is 727. The number of carbonyl (C=O) groups is 2. The molecule has 26 heavy (non-hydrogen) atoms. The molecule has 5 nitrogen and oxygen atoms in total. The number of amides is 2. The lowest BCUT2D eigenvalue weighted by Crippen LogP contribution is -2.50. The van der Waals surface area contributed by atoms with Crippen molar-refractivity contribution in [3.05, 3.63) is 71.3 Å². The summed E-state index contributed by atoms with van der Waals surface area (Å²) in [5.41, 5.74) is 8.70. The molecule has 138 valence electrons. The molecule has 0 saturated carbocycles. The second-order valence-corrected chi connectivity index (χ2v) is 6.82. The Kier molecular flexibility index (Phi) is 6.92. The van der Waals surface area contributed by atoms with Crippen LogP contribution in [0.2, 0.25) is 0 Å². The minimum atomic E-state index is -0.619. The second kappa shape index (κ2) is 9.15. The molecule has 0 aliphatic carbocycles. The minimum Gasteiger partial charge on any atom is -0.352 e. The zero-order valence-corrected chi connectivity index (χ0v) is 15.5. The van der Waals surface area contributed by atoms with Crippen molar-refractivity contribution in [2.75, 3.05) is 6.54 Å². The van der Waals surface area contributed by atoms with Crippen LogP contribution in [0.4, 0.5) is 0 Å². The lowest BCUT2D eigenvalue weighted by molar-refractivity contribution is -0.124. The molecule has 2 atom stereocenters. The molecule has 2 amide bonds. The van der Waals surface area contributed by atoms with Gasteiger partial charge in [0.25, 0.3) is 5.91 Å². The Labute approximate surface area is 155 Å². The zero-order chi connectivity index (χ0) is 19.1. The third kappa shape index (κ3) is 5.43. The highest BCUT2D eigenvalue weighted by Crippen LogP contribution is 2.10. The highest BCUT2D eigenvalue weighted by Gasteiger charge is 2.25. The molecule has 4 N–H and O–H groups in total. The monoisotopic (exact) mass is 353 g/mol. The van der Waals surface area contributed by atoms with Crippen LogP contribution in [0.25, 0.3) is 0 Å². The van der Waals surface area contributed by atoms with Crippen molar-refractivity contribution in [2.45, 2.75) is 32.9 Å². The van der Waals surface area contributed by atoms with Crippen LogP contribution >= 0.6 is 0 Å². The smallest absolute Gasteiger partial charge is 0.251 e. The van der Waals surface area contributed by atoms with E-state index >= 15 is 0 Å². The Morgan fingerprint density at radius 1 is 1.00 bits per heavy atom. The van der Waals surface area contributed by atoms with Crippen LogP contribution < -0.4 is 16.4 Å². The normalized spacial score (nSPS) is 13.1. The van der Waals surface area contributed by atoms with Gasteiger partial charge in [-0.25, -0.2) is 0 Å². The Morgan fingerprint density at radius 3 is 2.19 bits per heavy atom. The van der Waals surface area contributed by atoms with Crippen molar-refractivity contribution in [1.29, 1.82) is 0 Å². The van der Waals surface area contributed by atoms with Gasteiger partial charge in [0.2, 0.25) is 5.91 Å². The lowest BCUT2D eigenvalue weighted by Gasteiger charge is -2.23. The number of hydrogen-bond donors (Lipinski definition) is 3. The van der Waals surface area contributed by atoms with Gasteiger partial charge in [0.1, 0.15) is 6.04 Å². The first-order chi connectivity index (χ1) is 12.4. The van der Waals surface area contributed by atoms with E-state index in [9.17, 15) is 9.59 Å². The van der Waals surface area contributed by atoms with Gasteiger partial charge < -0.3 is 16.4 Å². The molecule has 2 unspecified atom stereocenters. The highest BCUT2D eigenvalue weighted by atomic mass is 16.2.